The van der Waals surface area contributed by atoms with Crippen LogP contribution >= 0.6 is 23.2 Å². The van der Waals surface area contributed by atoms with Crippen LogP contribution in [0.1, 0.15) is 64.2 Å². The molecule has 0 spiro atoms. The molecule has 0 radical (unpaired) electrons. The van der Waals surface area contributed by atoms with E-state index in [1.54, 1.807) is 23.1 Å². The summed E-state index contributed by atoms with van der Waals surface area (Å²) in [6.07, 6.45) is 2.37. The number of aryl methyl sites for hydroxylation is 2. The highest BCUT2D eigenvalue weighted by molar-refractivity contribution is 6.36. The number of nitrogens with one attached hydrogen (secondary N) is 1. The summed E-state index contributed by atoms with van der Waals surface area (Å²) in [6.45, 7) is 9.98. The zero-order valence-corrected chi connectivity index (χ0v) is 21.2. The highest BCUT2D eigenvalue weighted by atomic mass is 35.5. The summed E-state index contributed by atoms with van der Waals surface area (Å²) in [5.74, 6) is -0.278. The highest BCUT2D eigenvalue weighted by Gasteiger charge is 2.31. The molecule has 0 aliphatic carbocycles. The van der Waals surface area contributed by atoms with E-state index in [1.165, 1.54) is 5.56 Å². The van der Waals surface area contributed by atoms with Crippen LogP contribution in [-0.2, 0) is 29.0 Å². The fraction of sp³-hybridized carbons (Fsp3) is 0.462. The van der Waals surface area contributed by atoms with Gasteiger partial charge in [-0.25, -0.2) is 0 Å². The normalized spacial score (nSPS) is 12.3. The minimum Gasteiger partial charge on any atom is -0.350 e. The van der Waals surface area contributed by atoms with Crippen LogP contribution in [-0.4, -0.2) is 28.3 Å². The molecule has 1 N–H and O–H groups in total. The molecule has 174 valence electrons. The van der Waals surface area contributed by atoms with E-state index in [9.17, 15) is 9.59 Å². The second kappa shape index (κ2) is 11.7. The number of hydrogen-bond acceptors (Lipinski definition) is 2. The molecule has 0 aliphatic heterocycles. The Morgan fingerprint density at radius 2 is 1.53 bits per heavy atom. The van der Waals surface area contributed by atoms with Crippen molar-refractivity contribution in [2.45, 2.75) is 78.4 Å². The van der Waals surface area contributed by atoms with Gasteiger partial charge in [0.05, 0.1) is 0 Å². The number of carbonyl (C=O) groups excluding carboxylic acids is 2. The molecule has 4 nitrogen and oxygen atoms in total. The van der Waals surface area contributed by atoms with Crippen LogP contribution in [0.2, 0.25) is 10.0 Å². The molecule has 0 heterocycles. The van der Waals surface area contributed by atoms with Crippen LogP contribution in [0.5, 0.6) is 0 Å². The monoisotopic (exact) mass is 476 g/mol. The topological polar surface area (TPSA) is 49.4 Å². The number of benzene rings is 2. The third-order valence-corrected chi connectivity index (χ3v) is 6.04. The molecule has 0 aliphatic rings. The third-order valence-electron chi connectivity index (χ3n) is 5.33. The lowest BCUT2D eigenvalue weighted by atomic mass is 10.0. The van der Waals surface area contributed by atoms with Gasteiger partial charge in [0.2, 0.25) is 11.8 Å². The molecule has 1 atom stereocenters. The van der Waals surface area contributed by atoms with E-state index >= 15 is 0 Å². The molecule has 32 heavy (non-hydrogen) atoms. The SMILES string of the molecule is CCc1ccc(CCC(=O)N(Cc2c(Cl)cccc2Cl)[C@@H](CC)C(=O)NC(C)(C)C)cc1. The summed E-state index contributed by atoms with van der Waals surface area (Å²) in [4.78, 5) is 28.1. The predicted molar refractivity (Wildman–Crippen MR) is 133 cm³/mol. The Labute approximate surface area is 202 Å². The van der Waals surface area contributed by atoms with Crippen molar-refractivity contribution in [3.8, 4) is 0 Å². The van der Waals surface area contributed by atoms with Gasteiger partial charge in [-0.15, -0.1) is 0 Å². The molecule has 6 heteroatoms. The van der Waals surface area contributed by atoms with Gasteiger partial charge in [0, 0.05) is 34.1 Å². The van der Waals surface area contributed by atoms with Crippen molar-refractivity contribution in [3.63, 3.8) is 0 Å². The molecule has 2 rings (SSSR count). The van der Waals surface area contributed by atoms with Crippen molar-refractivity contribution >= 4 is 35.0 Å². The van der Waals surface area contributed by atoms with Crippen molar-refractivity contribution in [2.75, 3.05) is 0 Å². The maximum Gasteiger partial charge on any atom is 0.243 e. The number of carbonyl (C=O) groups is 2. The zero-order chi connectivity index (χ0) is 23.9. The quantitative estimate of drug-likeness (QED) is 0.467. The molecular weight excluding hydrogens is 443 g/mol. The Morgan fingerprint density at radius 3 is 2.03 bits per heavy atom. The third kappa shape index (κ3) is 7.53. The van der Waals surface area contributed by atoms with E-state index < -0.39 is 11.6 Å². The van der Waals surface area contributed by atoms with Crippen molar-refractivity contribution < 1.29 is 9.59 Å². The average Bonchev–Trinajstić information content (AvgIpc) is 2.73. The summed E-state index contributed by atoms with van der Waals surface area (Å²) in [7, 11) is 0. The number of rotatable bonds is 9. The second-order valence-electron chi connectivity index (χ2n) is 9.06. The Hall–Kier alpha value is -2.04. The Bertz CT molecular complexity index is 900. The number of nitrogens with zero attached hydrogens (tertiary/aromatic N) is 1. The largest absolute Gasteiger partial charge is 0.350 e. The van der Waals surface area contributed by atoms with Crippen molar-refractivity contribution in [1.29, 1.82) is 0 Å². The summed E-state index contributed by atoms with van der Waals surface area (Å²) in [6, 6.07) is 12.9. The van der Waals surface area contributed by atoms with Gasteiger partial charge in [0.15, 0.2) is 0 Å². The molecule has 2 aromatic carbocycles. The highest BCUT2D eigenvalue weighted by Crippen LogP contribution is 2.27. The fourth-order valence-electron chi connectivity index (χ4n) is 3.56. The van der Waals surface area contributed by atoms with Crippen LogP contribution in [0, 0.1) is 0 Å². The molecule has 0 saturated carbocycles. The van der Waals surface area contributed by atoms with Crippen molar-refractivity contribution in [1.82, 2.24) is 10.2 Å². The predicted octanol–water partition coefficient (Wildman–Crippen LogP) is 6.21. The van der Waals surface area contributed by atoms with Gasteiger partial charge < -0.3 is 10.2 Å². The lowest BCUT2D eigenvalue weighted by Crippen LogP contribution is -2.53. The van der Waals surface area contributed by atoms with Gasteiger partial charge >= 0.3 is 0 Å². The number of halogens is 2. The number of hydrogen-bond donors (Lipinski definition) is 1. The van der Waals surface area contributed by atoms with E-state index in [4.69, 9.17) is 23.2 Å². The van der Waals surface area contributed by atoms with Crippen molar-refractivity contribution in [3.05, 3.63) is 69.2 Å². The van der Waals surface area contributed by atoms with Gasteiger partial charge in [-0.2, -0.15) is 0 Å². The first-order valence-electron chi connectivity index (χ1n) is 11.2. The van der Waals surface area contributed by atoms with Crippen LogP contribution in [0.15, 0.2) is 42.5 Å². The van der Waals surface area contributed by atoms with Gasteiger partial charge in [-0.1, -0.05) is 67.4 Å². The molecular formula is C26H34Cl2N2O2. The minimum atomic E-state index is -0.614. The average molecular weight is 477 g/mol. The number of amides is 2. The van der Waals surface area contributed by atoms with Crippen molar-refractivity contribution in [2.24, 2.45) is 0 Å². The first-order chi connectivity index (χ1) is 15.1. The molecule has 0 fully saturated rings. The lowest BCUT2D eigenvalue weighted by Gasteiger charge is -2.33. The van der Waals surface area contributed by atoms with E-state index in [0.717, 1.165) is 12.0 Å². The van der Waals surface area contributed by atoms with Crippen LogP contribution in [0.4, 0.5) is 0 Å². The Balaban J connectivity index is 2.28. The minimum absolute atomic E-state index is 0.100. The molecule has 2 amide bonds. The molecule has 0 unspecified atom stereocenters. The lowest BCUT2D eigenvalue weighted by molar-refractivity contribution is -0.142. The summed E-state index contributed by atoms with van der Waals surface area (Å²) in [5, 5.41) is 3.97. The van der Waals surface area contributed by atoms with Crippen LogP contribution in [0.3, 0.4) is 0 Å². The smallest absolute Gasteiger partial charge is 0.243 e. The first-order valence-corrected chi connectivity index (χ1v) is 11.9. The van der Waals surface area contributed by atoms with E-state index in [0.29, 0.717) is 34.9 Å². The summed E-state index contributed by atoms with van der Waals surface area (Å²) in [5.41, 5.74) is 2.61. The maximum atomic E-state index is 13.4. The Kier molecular flexibility index (Phi) is 9.60. The van der Waals surface area contributed by atoms with Gasteiger partial charge in [0.1, 0.15) is 6.04 Å². The molecule has 0 aromatic heterocycles. The summed E-state index contributed by atoms with van der Waals surface area (Å²) >= 11 is 12.8. The van der Waals surface area contributed by atoms with Gasteiger partial charge in [-0.05, 0) is 63.3 Å². The van der Waals surface area contributed by atoms with E-state index in [2.05, 4.69) is 36.5 Å². The van der Waals surface area contributed by atoms with E-state index in [1.807, 2.05) is 27.7 Å². The van der Waals surface area contributed by atoms with E-state index in [-0.39, 0.29) is 18.4 Å². The van der Waals surface area contributed by atoms with Gasteiger partial charge in [-0.3, -0.25) is 9.59 Å². The second-order valence-corrected chi connectivity index (χ2v) is 9.87. The van der Waals surface area contributed by atoms with Crippen LogP contribution in [0.25, 0.3) is 0 Å². The Morgan fingerprint density at radius 1 is 0.969 bits per heavy atom. The molecule has 2 aromatic rings. The maximum absolute atomic E-state index is 13.4. The fourth-order valence-corrected chi connectivity index (χ4v) is 4.08. The standard InChI is InChI=1S/C26H34Cl2N2O2/c1-6-18-11-13-19(14-12-18)15-16-24(31)30(17-20-21(27)9-8-10-22(20)28)23(7-2)25(32)29-26(3,4)5/h8-14,23H,6-7,15-17H2,1-5H3,(H,29,32)/t23-/m0/s1. The summed E-state index contributed by atoms with van der Waals surface area (Å²) < 4.78 is 0. The van der Waals surface area contributed by atoms with Gasteiger partial charge in [0.25, 0.3) is 0 Å². The molecule has 0 saturated heterocycles. The molecule has 0 bridgehead atoms. The zero-order valence-electron chi connectivity index (χ0n) is 19.7. The first kappa shape index (κ1) is 26.2. The van der Waals surface area contributed by atoms with Crippen LogP contribution < -0.4 is 5.32 Å².